The molecule has 7 heteroatoms. The van der Waals surface area contributed by atoms with Crippen LogP contribution in [0.1, 0.15) is 15.9 Å². The fraction of sp³-hybridized carbons (Fsp3) is 0.188. The van der Waals surface area contributed by atoms with Gasteiger partial charge in [0.25, 0.3) is 5.91 Å². The molecular formula is C16H17FN4O2. The number of anilines is 1. The van der Waals surface area contributed by atoms with E-state index in [1.165, 1.54) is 17.0 Å². The Morgan fingerprint density at radius 3 is 2.39 bits per heavy atom. The van der Waals surface area contributed by atoms with Crippen LogP contribution in [0.4, 0.5) is 15.0 Å². The Morgan fingerprint density at radius 2 is 1.83 bits per heavy atom. The van der Waals surface area contributed by atoms with Gasteiger partial charge >= 0.3 is 6.03 Å². The fourth-order valence-corrected chi connectivity index (χ4v) is 1.82. The average molecular weight is 316 g/mol. The van der Waals surface area contributed by atoms with Crippen molar-refractivity contribution >= 4 is 17.8 Å². The highest BCUT2D eigenvalue weighted by Crippen LogP contribution is 2.07. The Kier molecular flexibility index (Phi) is 5.24. The van der Waals surface area contributed by atoms with E-state index in [9.17, 15) is 14.0 Å². The van der Waals surface area contributed by atoms with Crippen LogP contribution in [-0.2, 0) is 6.54 Å². The number of rotatable bonds is 4. The van der Waals surface area contributed by atoms with E-state index in [1.54, 1.807) is 38.4 Å². The predicted molar refractivity (Wildman–Crippen MR) is 84.5 cm³/mol. The average Bonchev–Trinajstić information content (AvgIpc) is 2.55. The number of amides is 3. The second-order valence-corrected chi connectivity index (χ2v) is 5.07. The van der Waals surface area contributed by atoms with Gasteiger partial charge in [-0.2, -0.15) is 0 Å². The molecule has 2 rings (SSSR count). The molecule has 0 aliphatic rings. The Hall–Kier alpha value is -2.96. The first kappa shape index (κ1) is 16.4. The SMILES string of the molecule is CN(C)C(=O)c1ccc(CNC(=O)Nc2ccc(F)cn2)cc1. The molecule has 3 amide bonds. The minimum absolute atomic E-state index is 0.0790. The fourth-order valence-electron chi connectivity index (χ4n) is 1.82. The topological polar surface area (TPSA) is 74.3 Å². The summed E-state index contributed by atoms with van der Waals surface area (Å²) in [7, 11) is 3.37. The van der Waals surface area contributed by atoms with Crippen LogP contribution in [0, 0.1) is 5.82 Å². The van der Waals surface area contributed by atoms with E-state index in [4.69, 9.17) is 0 Å². The third kappa shape index (κ3) is 4.77. The molecule has 0 saturated carbocycles. The Bertz CT molecular complexity index is 684. The van der Waals surface area contributed by atoms with Crippen LogP contribution < -0.4 is 10.6 Å². The van der Waals surface area contributed by atoms with Crippen molar-refractivity contribution in [3.05, 3.63) is 59.5 Å². The zero-order valence-corrected chi connectivity index (χ0v) is 12.8. The summed E-state index contributed by atoms with van der Waals surface area (Å²) < 4.78 is 12.7. The smallest absolute Gasteiger partial charge is 0.320 e. The van der Waals surface area contributed by atoms with Gasteiger partial charge in [0, 0.05) is 26.2 Å². The van der Waals surface area contributed by atoms with Gasteiger partial charge in [-0.25, -0.2) is 14.2 Å². The normalized spacial score (nSPS) is 10.0. The minimum Gasteiger partial charge on any atom is -0.345 e. The Morgan fingerprint density at radius 1 is 1.13 bits per heavy atom. The molecule has 0 atom stereocenters. The molecule has 1 heterocycles. The van der Waals surface area contributed by atoms with Crippen molar-refractivity contribution in [3.63, 3.8) is 0 Å². The van der Waals surface area contributed by atoms with Crippen molar-refractivity contribution < 1.29 is 14.0 Å². The molecule has 0 aliphatic heterocycles. The molecule has 120 valence electrons. The van der Waals surface area contributed by atoms with Gasteiger partial charge in [0.15, 0.2) is 0 Å². The summed E-state index contributed by atoms with van der Waals surface area (Å²) >= 11 is 0. The second kappa shape index (κ2) is 7.35. The maximum atomic E-state index is 12.7. The van der Waals surface area contributed by atoms with E-state index in [1.807, 2.05) is 0 Å². The molecule has 0 fully saturated rings. The number of nitrogens with zero attached hydrogens (tertiary/aromatic N) is 2. The van der Waals surface area contributed by atoms with Crippen molar-refractivity contribution in [2.45, 2.75) is 6.54 Å². The lowest BCUT2D eigenvalue weighted by Crippen LogP contribution is -2.28. The summed E-state index contributed by atoms with van der Waals surface area (Å²) in [5.41, 5.74) is 1.43. The van der Waals surface area contributed by atoms with Crippen molar-refractivity contribution in [1.82, 2.24) is 15.2 Å². The van der Waals surface area contributed by atoms with Crippen LogP contribution in [0.5, 0.6) is 0 Å². The van der Waals surface area contributed by atoms with Crippen LogP contribution in [0.25, 0.3) is 0 Å². The van der Waals surface area contributed by atoms with Crippen molar-refractivity contribution in [3.8, 4) is 0 Å². The highest BCUT2D eigenvalue weighted by Gasteiger charge is 2.08. The van der Waals surface area contributed by atoms with E-state index in [-0.39, 0.29) is 11.7 Å². The number of benzene rings is 1. The molecule has 0 saturated heterocycles. The van der Waals surface area contributed by atoms with Gasteiger partial charge in [0.1, 0.15) is 11.6 Å². The summed E-state index contributed by atoms with van der Waals surface area (Å²) in [6.45, 7) is 0.295. The molecule has 0 aliphatic carbocycles. The third-order valence-electron chi connectivity index (χ3n) is 3.03. The first-order chi connectivity index (χ1) is 11.0. The number of halogens is 1. The molecule has 6 nitrogen and oxygen atoms in total. The first-order valence-electron chi connectivity index (χ1n) is 6.92. The van der Waals surface area contributed by atoms with E-state index in [0.29, 0.717) is 12.1 Å². The lowest BCUT2D eigenvalue weighted by molar-refractivity contribution is 0.0827. The van der Waals surface area contributed by atoms with Crippen molar-refractivity contribution in [2.75, 3.05) is 19.4 Å². The number of carbonyl (C=O) groups excluding carboxylic acids is 2. The van der Waals surface area contributed by atoms with Crippen LogP contribution in [0.2, 0.25) is 0 Å². The van der Waals surface area contributed by atoms with E-state index in [2.05, 4.69) is 15.6 Å². The maximum absolute atomic E-state index is 12.7. The van der Waals surface area contributed by atoms with Crippen LogP contribution in [-0.4, -0.2) is 35.9 Å². The monoisotopic (exact) mass is 316 g/mol. The zero-order valence-electron chi connectivity index (χ0n) is 12.8. The number of carbonyl (C=O) groups is 2. The minimum atomic E-state index is -0.469. The van der Waals surface area contributed by atoms with Gasteiger partial charge in [-0.15, -0.1) is 0 Å². The first-order valence-corrected chi connectivity index (χ1v) is 6.92. The van der Waals surface area contributed by atoms with Gasteiger partial charge in [0.05, 0.1) is 6.20 Å². The number of hydrogen-bond donors (Lipinski definition) is 2. The van der Waals surface area contributed by atoms with Crippen LogP contribution in [0.15, 0.2) is 42.6 Å². The summed E-state index contributed by atoms with van der Waals surface area (Å²) in [4.78, 5) is 28.7. The largest absolute Gasteiger partial charge is 0.345 e. The highest BCUT2D eigenvalue weighted by molar-refractivity contribution is 5.93. The molecule has 0 unspecified atom stereocenters. The van der Waals surface area contributed by atoms with E-state index in [0.717, 1.165) is 11.8 Å². The second-order valence-electron chi connectivity index (χ2n) is 5.07. The van der Waals surface area contributed by atoms with Crippen molar-refractivity contribution in [1.29, 1.82) is 0 Å². The molecule has 0 bridgehead atoms. The van der Waals surface area contributed by atoms with Gasteiger partial charge < -0.3 is 10.2 Å². The van der Waals surface area contributed by atoms with Crippen molar-refractivity contribution in [2.24, 2.45) is 0 Å². The molecule has 2 aromatic rings. The number of urea groups is 1. The molecule has 0 spiro atoms. The molecule has 23 heavy (non-hydrogen) atoms. The summed E-state index contributed by atoms with van der Waals surface area (Å²) in [6, 6.07) is 9.09. The van der Waals surface area contributed by atoms with Crippen LogP contribution >= 0.6 is 0 Å². The molecule has 0 radical (unpaired) electrons. The quantitative estimate of drug-likeness (QED) is 0.908. The van der Waals surface area contributed by atoms with Crippen LogP contribution in [0.3, 0.4) is 0 Å². The number of pyridine rings is 1. The molecular weight excluding hydrogens is 299 g/mol. The van der Waals surface area contributed by atoms with Gasteiger partial charge in [-0.3, -0.25) is 10.1 Å². The molecule has 2 N–H and O–H groups in total. The van der Waals surface area contributed by atoms with Gasteiger partial charge in [0.2, 0.25) is 0 Å². The summed E-state index contributed by atoms with van der Waals surface area (Å²) in [6.07, 6.45) is 1.02. The highest BCUT2D eigenvalue weighted by atomic mass is 19.1. The number of hydrogen-bond acceptors (Lipinski definition) is 3. The number of aromatic nitrogens is 1. The summed E-state index contributed by atoms with van der Waals surface area (Å²) in [5, 5.41) is 5.15. The molecule has 1 aromatic heterocycles. The lowest BCUT2D eigenvalue weighted by atomic mass is 10.1. The zero-order chi connectivity index (χ0) is 16.8. The van der Waals surface area contributed by atoms with E-state index < -0.39 is 11.8 Å². The standard InChI is InChI=1S/C16H17FN4O2/c1-21(2)15(22)12-5-3-11(4-6-12)9-19-16(23)20-14-8-7-13(17)10-18-14/h3-8,10H,9H2,1-2H3,(H2,18,19,20,23). The Labute approximate surface area is 133 Å². The number of nitrogens with one attached hydrogen (secondary N) is 2. The maximum Gasteiger partial charge on any atom is 0.320 e. The van der Waals surface area contributed by atoms with Gasteiger partial charge in [-0.05, 0) is 29.8 Å². The predicted octanol–water partition coefficient (Wildman–Crippen LogP) is 2.24. The third-order valence-corrected chi connectivity index (χ3v) is 3.03. The Balaban J connectivity index is 1.86. The lowest BCUT2D eigenvalue weighted by Gasteiger charge is -2.11. The summed E-state index contributed by atoms with van der Waals surface area (Å²) in [5.74, 6) is -0.288. The van der Waals surface area contributed by atoms with Gasteiger partial charge in [-0.1, -0.05) is 12.1 Å². The molecule has 1 aromatic carbocycles. The van der Waals surface area contributed by atoms with E-state index >= 15 is 0 Å².